The molecule has 1 aliphatic carbocycles. The molecule has 1 aromatic rings. The van der Waals surface area contributed by atoms with Gasteiger partial charge in [0.15, 0.2) is 0 Å². The molecule has 1 heteroatoms. The quantitative estimate of drug-likeness (QED) is 0.638. The van der Waals surface area contributed by atoms with Crippen LogP contribution in [0.2, 0.25) is 0 Å². The molecule has 2 rings (SSSR count). The highest BCUT2D eigenvalue weighted by Crippen LogP contribution is 2.42. The number of aromatic hydroxyl groups is 1. The summed E-state index contributed by atoms with van der Waals surface area (Å²) in [6.07, 6.45) is 4.49. The molecule has 15 heavy (non-hydrogen) atoms. The Hall–Kier alpha value is -1.24. The molecule has 0 saturated heterocycles. The number of phenols is 1. The summed E-state index contributed by atoms with van der Waals surface area (Å²) in [5, 5.41) is 9.57. The second-order valence-electron chi connectivity index (χ2n) is 5.51. The molecule has 0 aliphatic heterocycles. The molecule has 0 spiro atoms. The van der Waals surface area contributed by atoms with Gasteiger partial charge in [0.05, 0.1) is 0 Å². The SMILES string of the molecule is CC1(C)C=CC(C)(C)c2cc(O)ccc21. The van der Waals surface area contributed by atoms with Crippen molar-refractivity contribution in [1.29, 1.82) is 0 Å². The Bertz CT molecular complexity index is 425. The van der Waals surface area contributed by atoms with Gasteiger partial charge in [-0.05, 0) is 23.3 Å². The number of hydrogen-bond acceptors (Lipinski definition) is 1. The first-order valence-corrected chi connectivity index (χ1v) is 5.37. The largest absolute Gasteiger partial charge is 0.508 e. The molecule has 0 atom stereocenters. The van der Waals surface area contributed by atoms with Crippen LogP contribution < -0.4 is 0 Å². The van der Waals surface area contributed by atoms with Gasteiger partial charge >= 0.3 is 0 Å². The highest BCUT2D eigenvalue weighted by atomic mass is 16.3. The fraction of sp³-hybridized carbons (Fsp3) is 0.429. The van der Waals surface area contributed by atoms with Gasteiger partial charge in [-0.25, -0.2) is 0 Å². The van der Waals surface area contributed by atoms with E-state index in [-0.39, 0.29) is 10.8 Å². The number of fused-ring (bicyclic) bond motifs is 1. The fourth-order valence-corrected chi connectivity index (χ4v) is 2.22. The van der Waals surface area contributed by atoms with Gasteiger partial charge < -0.3 is 5.11 Å². The molecule has 1 aromatic carbocycles. The second kappa shape index (κ2) is 2.88. The average molecular weight is 202 g/mol. The van der Waals surface area contributed by atoms with Crippen LogP contribution in [0.4, 0.5) is 0 Å². The minimum atomic E-state index is 0.0175. The molecule has 0 aromatic heterocycles. The lowest BCUT2D eigenvalue weighted by molar-refractivity contribution is 0.469. The number of hydrogen-bond donors (Lipinski definition) is 1. The maximum atomic E-state index is 9.57. The van der Waals surface area contributed by atoms with Crippen LogP contribution >= 0.6 is 0 Å². The molecule has 1 nitrogen and oxygen atoms in total. The highest BCUT2D eigenvalue weighted by molar-refractivity contribution is 5.50. The van der Waals surface area contributed by atoms with Crippen molar-refractivity contribution in [3.8, 4) is 5.75 Å². The van der Waals surface area contributed by atoms with E-state index in [9.17, 15) is 5.11 Å². The molecule has 0 fully saturated rings. The first-order chi connectivity index (χ1) is 6.83. The van der Waals surface area contributed by atoms with Gasteiger partial charge in [-0.3, -0.25) is 0 Å². The van der Waals surface area contributed by atoms with Crippen LogP contribution in [0.25, 0.3) is 0 Å². The summed E-state index contributed by atoms with van der Waals surface area (Å²) in [4.78, 5) is 0. The Morgan fingerprint density at radius 3 is 2.00 bits per heavy atom. The second-order valence-corrected chi connectivity index (χ2v) is 5.51. The van der Waals surface area contributed by atoms with Crippen LogP contribution in [0.15, 0.2) is 30.4 Å². The predicted octanol–water partition coefficient (Wildman–Crippen LogP) is 3.52. The zero-order chi connectivity index (χ0) is 11.3. The van der Waals surface area contributed by atoms with Crippen LogP contribution in [-0.2, 0) is 10.8 Å². The topological polar surface area (TPSA) is 20.2 Å². The number of phenolic OH excluding ortho intramolecular Hbond substituents is 1. The standard InChI is InChI=1S/C14H18O/c1-13(2)7-8-14(3,4)12-9-10(15)5-6-11(12)13/h5-9,15H,1-4H3. The van der Waals surface area contributed by atoms with E-state index in [0.29, 0.717) is 5.75 Å². The Labute approximate surface area is 91.4 Å². The summed E-state index contributed by atoms with van der Waals surface area (Å²) in [5.41, 5.74) is 2.63. The van der Waals surface area contributed by atoms with E-state index in [1.165, 1.54) is 11.1 Å². The van der Waals surface area contributed by atoms with Crippen molar-refractivity contribution >= 4 is 0 Å². The van der Waals surface area contributed by atoms with Gasteiger partial charge in [-0.15, -0.1) is 0 Å². The molecule has 0 heterocycles. The van der Waals surface area contributed by atoms with E-state index in [0.717, 1.165) is 0 Å². The van der Waals surface area contributed by atoms with Crippen molar-refractivity contribution in [2.24, 2.45) is 0 Å². The maximum Gasteiger partial charge on any atom is 0.115 e. The monoisotopic (exact) mass is 202 g/mol. The van der Waals surface area contributed by atoms with Gasteiger partial charge in [0, 0.05) is 10.8 Å². The number of rotatable bonds is 0. The van der Waals surface area contributed by atoms with Gasteiger partial charge in [-0.2, -0.15) is 0 Å². The zero-order valence-electron chi connectivity index (χ0n) is 9.83. The summed E-state index contributed by atoms with van der Waals surface area (Å²) in [7, 11) is 0. The fourth-order valence-electron chi connectivity index (χ4n) is 2.22. The minimum absolute atomic E-state index is 0.0175. The maximum absolute atomic E-state index is 9.57. The lowest BCUT2D eigenvalue weighted by Gasteiger charge is -2.36. The highest BCUT2D eigenvalue weighted by Gasteiger charge is 2.32. The summed E-state index contributed by atoms with van der Waals surface area (Å²) in [6.45, 7) is 8.76. The molecule has 0 radical (unpaired) electrons. The Morgan fingerprint density at radius 2 is 1.40 bits per heavy atom. The Kier molecular flexibility index (Phi) is 1.97. The summed E-state index contributed by atoms with van der Waals surface area (Å²) < 4.78 is 0. The third-order valence-corrected chi connectivity index (χ3v) is 3.31. The van der Waals surface area contributed by atoms with E-state index in [1.54, 1.807) is 6.07 Å². The Balaban J connectivity index is 2.70. The first-order valence-electron chi connectivity index (χ1n) is 5.37. The first kappa shape index (κ1) is 10.3. The summed E-state index contributed by atoms with van der Waals surface area (Å²) in [5.74, 6) is 0.355. The van der Waals surface area contributed by atoms with Gasteiger partial charge in [-0.1, -0.05) is 45.9 Å². The van der Waals surface area contributed by atoms with E-state index < -0.39 is 0 Å². The van der Waals surface area contributed by atoms with Crippen LogP contribution in [0.1, 0.15) is 38.8 Å². The molecule has 0 bridgehead atoms. The van der Waals surface area contributed by atoms with Crippen LogP contribution in [0.3, 0.4) is 0 Å². The van der Waals surface area contributed by atoms with Crippen molar-refractivity contribution in [1.82, 2.24) is 0 Å². The van der Waals surface area contributed by atoms with E-state index >= 15 is 0 Å². The van der Waals surface area contributed by atoms with Crippen LogP contribution in [0, 0.1) is 0 Å². The van der Waals surface area contributed by atoms with Crippen LogP contribution in [0.5, 0.6) is 5.75 Å². The van der Waals surface area contributed by atoms with Gasteiger partial charge in [0.2, 0.25) is 0 Å². The van der Waals surface area contributed by atoms with Crippen LogP contribution in [-0.4, -0.2) is 5.11 Å². The van der Waals surface area contributed by atoms with Crippen molar-refractivity contribution in [3.63, 3.8) is 0 Å². The van der Waals surface area contributed by atoms with Gasteiger partial charge in [0.25, 0.3) is 0 Å². The summed E-state index contributed by atoms with van der Waals surface area (Å²) >= 11 is 0. The molecule has 1 aliphatic rings. The summed E-state index contributed by atoms with van der Waals surface area (Å²) in [6, 6.07) is 5.70. The van der Waals surface area contributed by atoms with Crippen molar-refractivity contribution in [3.05, 3.63) is 41.5 Å². The van der Waals surface area contributed by atoms with E-state index in [2.05, 4.69) is 39.8 Å². The minimum Gasteiger partial charge on any atom is -0.508 e. The third-order valence-electron chi connectivity index (χ3n) is 3.31. The number of allylic oxidation sites excluding steroid dienone is 2. The predicted molar refractivity (Wildman–Crippen MR) is 63.3 cm³/mol. The molecule has 0 unspecified atom stereocenters. The van der Waals surface area contributed by atoms with E-state index in [1.807, 2.05) is 12.1 Å². The third kappa shape index (κ3) is 1.56. The van der Waals surface area contributed by atoms with Gasteiger partial charge in [0.1, 0.15) is 5.75 Å². The molecule has 0 saturated carbocycles. The average Bonchev–Trinajstić information content (AvgIpc) is 2.13. The Morgan fingerprint density at radius 1 is 0.867 bits per heavy atom. The molecular weight excluding hydrogens is 184 g/mol. The molecular formula is C14H18O. The molecule has 1 N–H and O–H groups in total. The van der Waals surface area contributed by atoms with Crippen molar-refractivity contribution in [2.45, 2.75) is 38.5 Å². The normalized spacial score (nSPS) is 21.1. The smallest absolute Gasteiger partial charge is 0.115 e. The number of benzene rings is 1. The lowest BCUT2D eigenvalue weighted by atomic mass is 9.68. The molecule has 0 amide bonds. The van der Waals surface area contributed by atoms with Crippen molar-refractivity contribution in [2.75, 3.05) is 0 Å². The van der Waals surface area contributed by atoms with Crippen molar-refractivity contribution < 1.29 is 5.11 Å². The zero-order valence-corrected chi connectivity index (χ0v) is 9.83. The van der Waals surface area contributed by atoms with E-state index in [4.69, 9.17) is 0 Å². The molecule has 80 valence electrons. The lowest BCUT2D eigenvalue weighted by Crippen LogP contribution is -2.28.